The molecule has 100 valence electrons. The molecule has 5 heteroatoms. The highest BCUT2D eigenvalue weighted by Gasteiger charge is 2.15. The molecule has 1 amide bonds. The molecule has 1 N–H and O–H groups in total. The fourth-order valence-corrected chi connectivity index (χ4v) is 2.24. The highest BCUT2D eigenvalue weighted by Crippen LogP contribution is 2.12. The molecule has 0 radical (unpaired) electrons. The van der Waals surface area contributed by atoms with E-state index in [2.05, 4.69) is 5.32 Å². The van der Waals surface area contributed by atoms with Crippen LogP contribution in [0.1, 0.15) is 12.0 Å². The van der Waals surface area contributed by atoms with Crippen LogP contribution >= 0.6 is 24.0 Å². The van der Waals surface area contributed by atoms with E-state index in [1.165, 1.54) is 0 Å². The van der Waals surface area contributed by atoms with Crippen molar-refractivity contribution < 1.29 is 4.79 Å². The molecule has 1 fully saturated rings. The van der Waals surface area contributed by atoms with Crippen LogP contribution in [-0.4, -0.2) is 37.0 Å². The van der Waals surface area contributed by atoms with Gasteiger partial charge >= 0.3 is 0 Å². The summed E-state index contributed by atoms with van der Waals surface area (Å²) in [6.45, 7) is 3.55. The van der Waals surface area contributed by atoms with Gasteiger partial charge in [0.2, 0.25) is 5.91 Å². The van der Waals surface area contributed by atoms with Gasteiger partial charge in [0, 0.05) is 24.7 Å². The molecule has 0 atom stereocenters. The molecule has 3 nitrogen and oxygen atoms in total. The molecule has 1 aliphatic rings. The van der Waals surface area contributed by atoms with Crippen molar-refractivity contribution in [3.8, 4) is 0 Å². The Kier molecular flexibility index (Phi) is 6.47. The van der Waals surface area contributed by atoms with E-state index in [-0.39, 0.29) is 18.3 Å². The number of carbonyl (C=O) groups is 1. The van der Waals surface area contributed by atoms with Gasteiger partial charge in [-0.3, -0.25) is 4.79 Å². The van der Waals surface area contributed by atoms with E-state index in [4.69, 9.17) is 11.6 Å². The Morgan fingerprint density at radius 2 is 2.17 bits per heavy atom. The van der Waals surface area contributed by atoms with Gasteiger partial charge in [-0.05, 0) is 30.7 Å². The summed E-state index contributed by atoms with van der Waals surface area (Å²) < 4.78 is 0. The molecular weight excluding hydrogens is 271 g/mol. The lowest BCUT2D eigenvalue weighted by Gasteiger charge is -2.19. The van der Waals surface area contributed by atoms with Crippen LogP contribution < -0.4 is 5.32 Å². The fraction of sp³-hybridized carbons (Fsp3) is 0.462. The number of carbonyl (C=O) groups excluding carboxylic acids is 1. The average Bonchev–Trinajstić information content (AvgIpc) is 2.57. The number of amides is 1. The normalized spacial score (nSPS) is 15.7. The second kappa shape index (κ2) is 7.62. The quantitative estimate of drug-likeness (QED) is 0.904. The van der Waals surface area contributed by atoms with Crippen LogP contribution in [0.2, 0.25) is 5.02 Å². The van der Waals surface area contributed by atoms with Crippen molar-refractivity contribution in [2.24, 2.45) is 0 Å². The largest absolute Gasteiger partial charge is 0.341 e. The predicted molar refractivity (Wildman–Crippen MR) is 76.5 cm³/mol. The van der Waals surface area contributed by atoms with Crippen molar-refractivity contribution >= 4 is 29.9 Å². The predicted octanol–water partition coefficient (Wildman–Crippen LogP) is 2.13. The first kappa shape index (κ1) is 15.3. The number of rotatable bonds is 2. The summed E-state index contributed by atoms with van der Waals surface area (Å²) in [5.74, 6) is 0.191. The second-order valence-corrected chi connectivity index (χ2v) is 4.73. The van der Waals surface area contributed by atoms with Crippen LogP contribution in [0, 0.1) is 0 Å². The Bertz CT molecular complexity index is 390. The molecule has 2 rings (SSSR count). The average molecular weight is 289 g/mol. The first-order valence-corrected chi connectivity index (χ1v) is 6.36. The summed E-state index contributed by atoms with van der Waals surface area (Å²) in [7, 11) is 0. The maximum absolute atomic E-state index is 12.1. The number of hydrogen-bond donors (Lipinski definition) is 1. The Morgan fingerprint density at radius 3 is 2.94 bits per heavy atom. The van der Waals surface area contributed by atoms with Gasteiger partial charge in [-0.25, -0.2) is 0 Å². The van der Waals surface area contributed by atoms with Crippen LogP contribution in [0.4, 0.5) is 0 Å². The van der Waals surface area contributed by atoms with Crippen molar-refractivity contribution in [2.45, 2.75) is 12.8 Å². The highest BCUT2D eigenvalue weighted by atomic mass is 35.5. The summed E-state index contributed by atoms with van der Waals surface area (Å²) in [5, 5.41) is 3.98. The molecule has 0 unspecified atom stereocenters. The third-order valence-corrected chi connectivity index (χ3v) is 3.17. The van der Waals surface area contributed by atoms with Crippen LogP contribution in [0.3, 0.4) is 0 Å². The van der Waals surface area contributed by atoms with Crippen molar-refractivity contribution in [3.05, 3.63) is 34.9 Å². The minimum Gasteiger partial charge on any atom is -0.341 e. The van der Waals surface area contributed by atoms with E-state index in [9.17, 15) is 4.79 Å². The molecule has 0 aliphatic carbocycles. The van der Waals surface area contributed by atoms with Crippen LogP contribution in [0.15, 0.2) is 24.3 Å². The van der Waals surface area contributed by atoms with Gasteiger partial charge < -0.3 is 10.2 Å². The van der Waals surface area contributed by atoms with Gasteiger partial charge in [-0.1, -0.05) is 23.7 Å². The Morgan fingerprint density at radius 1 is 1.33 bits per heavy atom. The zero-order valence-electron chi connectivity index (χ0n) is 10.2. The van der Waals surface area contributed by atoms with E-state index < -0.39 is 0 Å². The summed E-state index contributed by atoms with van der Waals surface area (Å²) in [4.78, 5) is 14.0. The smallest absolute Gasteiger partial charge is 0.227 e. The summed E-state index contributed by atoms with van der Waals surface area (Å²) in [5.41, 5.74) is 0.986. The van der Waals surface area contributed by atoms with Gasteiger partial charge in [0.05, 0.1) is 6.42 Å². The Balaban J connectivity index is 0.00000162. The topological polar surface area (TPSA) is 32.3 Å². The lowest BCUT2D eigenvalue weighted by Crippen LogP contribution is -2.35. The van der Waals surface area contributed by atoms with Crippen LogP contribution in [-0.2, 0) is 11.2 Å². The molecule has 0 aromatic heterocycles. The fourth-order valence-electron chi connectivity index (χ4n) is 2.03. The third-order valence-electron chi connectivity index (χ3n) is 2.94. The molecular formula is C13H18Cl2N2O. The summed E-state index contributed by atoms with van der Waals surface area (Å²) in [6.07, 6.45) is 1.47. The van der Waals surface area contributed by atoms with Crippen molar-refractivity contribution in [3.63, 3.8) is 0 Å². The van der Waals surface area contributed by atoms with E-state index >= 15 is 0 Å². The van der Waals surface area contributed by atoms with Crippen LogP contribution in [0.25, 0.3) is 0 Å². The van der Waals surface area contributed by atoms with E-state index in [1.54, 1.807) is 0 Å². The molecule has 1 saturated heterocycles. The Hall–Kier alpha value is -0.770. The monoisotopic (exact) mass is 288 g/mol. The van der Waals surface area contributed by atoms with Gasteiger partial charge in [-0.2, -0.15) is 0 Å². The lowest BCUT2D eigenvalue weighted by molar-refractivity contribution is -0.130. The van der Waals surface area contributed by atoms with Gasteiger partial charge in [0.1, 0.15) is 0 Å². The molecule has 1 aliphatic heterocycles. The molecule has 1 aromatic rings. The van der Waals surface area contributed by atoms with Gasteiger partial charge in [0.15, 0.2) is 0 Å². The second-order valence-electron chi connectivity index (χ2n) is 4.29. The van der Waals surface area contributed by atoms with Gasteiger partial charge in [0.25, 0.3) is 0 Å². The van der Waals surface area contributed by atoms with Crippen molar-refractivity contribution in [1.82, 2.24) is 10.2 Å². The molecule has 1 heterocycles. The zero-order valence-corrected chi connectivity index (χ0v) is 11.8. The van der Waals surface area contributed by atoms with Crippen molar-refractivity contribution in [1.29, 1.82) is 0 Å². The SMILES string of the molecule is Cl.O=C(Cc1cccc(Cl)c1)N1CCCNCC1. The number of hydrogen-bond acceptors (Lipinski definition) is 2. The number of halogens is 2. The first-order chi connectivity index (χ1) is 8.25. The summed E-state index contributed by atoms with van der Waals surface area (Å²) >= 11 is 5.91. The van der Waals surface area contributed by atoms with E-state index in [0.717, 1.165) is 38.2 Å². The van der Waals surface area contributed by atoms with Crippen molar-refractivity contribution in [2.75, 3.05) is 26.2 Å². The molecule has 1 aromatic carbocycles. The van der Waals surface area contributed by atoms with E-state index in [0.29, 0.717) is 11.4 Å². The first-order valence-electron chi connectivity index (χ1n) is 5.98. The maximum atomic E-state index is 12.1. The van der Waals surface area contributed by atoms with Crippen LogP contribution in [0.5, 0.6) is 0 Å². The number of nitrogens with one attached hydrogen (secondary N) is 1. The van der Waals surface area contributed by atoms with Gasteiger partial charge in [-0.15, -0.1) is 12.4 Å². The minimum atomic E-state index is 0. The van der Waals surface area contributed by atoms with E-state index in [1.807, 2.05) is 29.2 Å². The molecule has 18 heavy (non-hydrogen) atoms. The lowest BCUT2D eigenvalue weighted by atomic mass is 10.1. The standard InChI is InChI=1S/C13H17ClN2O.ClH/c14-12-4-1-3-11(9-12)10-13(17)16-7-2-5-15-6-8-16;/h1,3-4,9,15H,2,5-8,10H2;1H. The molecule has 0 saturated carbocycles. The molecule has 0 bridgehead atoms. The Labute approximate surface area is 119 Å². The zero-order chi connectivity index (χ0) is 12.1. The summed E-state index contributed by atoms with van der Waals surface area (Å²) in [6, 6.07) is 7.51. The molecule has 0 spiro atoms. The number of nitrogens with zero attached hydrogens (tertiary/aromatic N) is 1. The minimum absolute atomic E-state index is 0. The third kappa shape index (κ3) is 4.48. The number of benzene rings is 1. The highest BCUT2D eigenvalue weighted by molar-refractivity contribution is 6.30. The maximum Gasteiger partial charge on any atom is 0.227 e.